The fourth-order valence-electron chi connectivity index (χ4n) is 13.7. The smallest absolute Gasteiger partial charge is 0.493 e. The van der Waals surface area contributed by atoms with Gasteiger partial charge in [-0.15, -0.1) is 0 Å². The molecule has 0 amide bonds. The van der Waals surface area contributed by atoms with Crippen LogP contribution in [0.1, 0.15) is 461 Å². The summed E-state index contributed by atoms with van der Waals surface area (Å²) in [6.45, 7) is 25.8. The molecule has 0 N–H and O–H groups in total. The fourth-order valence-corrected chi connectivity index (χ4v) is 13.7. The van der Waals surface area contributed by atoms with Crippen molar-refractivity contribution < 1.29 is 21.2 Å². The van der Waals surface area contributed by atoms with Crippen LogP contribution in [0.4, 0.5) is 0 Å². The Kier molecular flexibility index (Phi) is 68.0. The van der Waals surface area contributed by atoms with E-state index in [-0.39, 0.29) is 16.5 Å². The predicted octanol–water partition coefficient (Wildman–Crippen LogP) is 32.0. The van der Waals surface area contributed by atoms with Gasteiger partial charge in [0, 0.05) is 16.7 Å². The molecule has 3 rings (SSSR count). The van der Waals surface area contributed by atoms with E-state index in [4.69, 9.17) is 0 Å². The van der Waals surface area contributed by atoms with Crippen LogP contribution in [0.2, 0.25) is 0 Å². The Morgan fingerprint density at radius 3 is 0.774 bits per heavy atom. The number of rotatable bonds is 63. The van der Waals surface area contributed by atoms with Gasteiger partial charge < -0.3 is 19.4 Å². The molecule has 1 aliphatic heterocycles. The van der Waals surface area contributed by atoms with Crippen LogP contribution < -0.4 is 0 Å². The summed E-state index contributed by atoms with van der Waals surface area (Å²) in [4.78, 5) is 0. The Hall–Kier alpha value is -2.25. The average molecular weight is 1330 g/mol. The molecule has 0 unspecified atom stereocenters. The van der Waals surface area contributed by atoms with Crippen molar-refractivity contribution in [3.63, 3.8) is 0 Å². The van der Waals surface area contributed by atoms with Crippen LogP contribution in [0.3, 0.4) is 0 Å². The number of benzene rings is 2. The summed E-state index contributed by atoms with van der Waals surface area (Å²) >= 11 is 0. The van der Waals surface area contributed by atoms with Gasteiger partial charge in [-0.25, -0.2) is 4.70 Å². The maximum atomic E-state index is 13.1. The molecule has 0 atom stereocenters. The van der Waals surface area contributed by atoms with Gasteiger partial charge in [-0.05, 0) is 124 Å². The van der Waals surface area contributed by atoms with Crippen molar-refractivity contribution in [3.8, 4) is 0 Å². The zero-order chi connectivity index (χ0) is 66.8. The van der Waals surface area contributed by atoms with Crippen LogP contribution >= 0.6 is 0 Å². The zero-order valence-electron chi connectivity index (χ0n) is 64.1. The SMILES string of the molecule is CCCCCCCCCCCCCCCCCCCCCCCCC=CC1=C(c2cc(CCCCCCCC)cc(CCCCCCCC)c2)[N+](=[N-])C(c2cc(CCCCCCCC)cc(CCCCCCCC)c2)=C1CCCC.[CH2-]CCCCC.[CH2-]CCCCC.[Ni+2]. The first-order chi connectivity index (χ1) is 45.3. The minimum absolute atomic E-state index is 0. The van der Waals surface area contributed by atoms with Gasteiger partial charge in [-0.1, -0.05) is 388 Å². The summed E-state index contributed by atoms with van der Waals surface area (Å²) < 4.78 is 1.71. The van der Waals surface area contributed by atoms with E-state index in [1.165, 1.54) is 378 Å². The van der Waals surface area contributed by atoms with E-state index in [2.05, 4.69) is 118 Å². The van der Waals surface area contributed by atoms with Gasteiger partial charge in [-0.2, -0.15) is 12.8 Å². The van der Waals surface area contributed by atoms with Gasteiger partial charge in [0.2, 0.25) is 11.4 Å². The third-order valence-corrected chi connectivity index (χ3v) is 19.7. The number of hydrogen-bond donors (Lipinski definition) is 0. The first-order valence-electron chi connectivity index (χ1n) is 41.8. The molecule has 2 aromatic rings. The monoisotopic (exact) mass is 1330 g/mol. The molecule has 3 heteroatoms. The molecule has 0 radical (unpaired) electrons. The van der Waals surface area contributed by atoms with Gasteiger partial charge in [0.05, 0.1) is 5.57 Å². The standard InChI is InChI=1S/C78H134N2.2C6H13.Ni/c1-7-13-19-24-29-30-31-32-33-34-35-36-37-38-39-40-41-42-43-44-45-46-51-56-62-76-75(61-18-12-6)77(73-65-69(57-52-47-25-20-14-8-2)63-70(66-73)58-53-48-26-21-15-9-3)80(79)78(76)74-67-71(59-54-49-27-22-16-10-4)64-72(68-74)60-55-50-28-23-17-11-5;2*1-3-5-6-4-2;/h56,62-68H,7-55,57-61H2,1-6H3;2*1,3-6H2,2H3;/q;2*-1;+2. The van der Waals surface area contributed by atoms with E-state index < -0.39 is 0 Å². The van der Waals surface area contributed by atoms with Crippen LogP contribution in [0.25, 0.3) is 16.9 Å². The molecular weight excluding hydrogens is 1170 g/mol. The summed E-state index contributed by atoms with van der Waals surface area (Å²) in [5, 5.41) is 0. The Morgan fingerprint density at radius 1 is 0.280 bits per heavy atom. The second-order valence-corrected chi connectivity index (χ2v) is 28.9. The maximum absolute atomic E-state index is 13.1. The second-order valence-electron chi connectivity index (χ2n) is 28.9. The number of unbranched alkanes of at least 4 members (excludes halogenated alkanes) is 49. The second kappa shape index (κ2) is 69.6. The van der Waals surface area contributed by atoms with Crippen molar-refractivity contribution in [3.05, 3.63) is 112 Å². The van der Waals surface area contributed by atoms with Crippen LogP contribution in [0.15, 0.2) is 59.7 Å². The van der Waals surface area contributed by atoms with Gasteiger partial charge >= 0.3 is 16.5 Å². The fraction of sp³-hybridized carbons (Fsp3) is 0.778. The van der Waals surface area contributed by atoms with Gasteiger partial charge in [0.25, 0.3) is 0 Å². The van der Waals surface area contributed by atoms with Crippen LogP contribution in [0, 0.1) is 13.8 Å². The normalized spacial score (nSPS) is 12.3. The zero-order valence-corrected chi connectivity index (χ0v) is 65.1. The van der Waals surface area contributed by atoms with Crippen molar-refractivity contribution in [2.45, 2.75) is 453 Å². The third kappa shape index (κ3) is 49.8. The van der Waals surface area contributed by atoms with Crippen molar-refractivity contribution >= 4 is 11.4 Å². The molecule has 1 aliphatic rings. The van der Waals surface area contributed by atoms with Crippen molar-refractivity contribution in [2.75, 3.05) is 0 Å². The van der Waals surface area contributed by atoms with Gasteiger partial charge in [0.1, 0.15) is 0 Å². The molecule has 2 nitrogen and oxygen atoms in total. The summed E-state index contributed by atoms with van der Waals surface area (Å²) in [6, 6.07) is 15.0. The molecule has 0 fully saturated rings. The first kappa shape index (κ1) is 90.8. The molecular formula is C90H160N2Ni. The van der Waals surface area contributed by atoms with Crippen LogP contribution in [-0.2, 0) is 42.2 Å². The molecule has 0 aliphatic carbocycles. The number of allylic oxidation sites excluding steroid dienone is 4. The molecule has 93 heavy (non-hydrogen) atoms. The van der Waals surface area contributed by atoms with Crippen molar-refractivity contribution in [1.82, 2.24) is 0 Å². The summed E-state index contributed by atoms with van der Waals surface area (Å²) in [6.07, 6.45) is 87.0. The molecule has 2 aromatic carbocycles. The molecule has 0 saturated heterocycles. The minimum Gasteiger partial charge on any atom is -0.493 e. The molecule has 0 spiro atoms. The minimum atomic E-state index is 0. The first-order valence-corrected chi connectivity index (χ1v) is 41.8. The molecule has 0 aromatic heterocycles. The summed E-state index contributed by atoms with van der Waals surface area (Å²) in [5.41, 5.74) is 26.2. The van der Waals surface area contributed by atoms with Crippen LogP contribution in [0.5, 0.6) is 0 Å². The Labute approximate surface area is 594 Å². The van der Waals surface area contributed by atoms with Gasteiger partial charge in [0.15, 0.2) is 0 Å². The van der Waals surface area contributed by atoms with Crippen molar-refractivity contribution in [2.24, 2.45) is 0 Å². The van der Waals surface area contributed by atoms with E-state index in [1.807, 2.05) is 0 Å². The molecule has 1 heterocycles. The largest absolute Gasteiger partial charge is 2.00 e. The summed E-state index contributed by atoms with van der Waals surface area (Å²) in [7, 11) is 0. The number of hydrogen-bond acceptors (Lipinski definition) is 0. The average Bonchev–Trinajstić information content (AvgIpc) is 1.63. The summed E-state index contributed by atoms with van der Waals surface area (Å²) in [5.74, 6) is 0. The van der Waals surface area contributed by atoms with E-state index in [1.54, 1.807) is 4.70 Å². The van der Waals surface area contributed by atoms with E-state index in [9.17, 15) is 5.53 Å². The molecule has 0 saturated carbocycles. The molecule has 0 bridgehead atoms. The maximum Gasteiger partial charge on any atom is 2.00 e. The predicted molar refractivity (Wildman–Crippen MR) is 418 cm³/mol. The Bertz CT molecular complexity index is 1950. The topological polar surface area (TPSA) is 25.3 Å². The molecule has 540 valence electrons. The number of nitrogens with zero attached hydrogens (tertiary/aromatic N) is 2. The Balaban J connectivity index is 0.00000591. The van der Waals surface area contributed by atoms with Crippen LogP contribution in [-0.4, -0.2) is 4.70 Å². The van der Waals surface area contributed by atoms with Crippen molar-refractivity contribution in [1.29, 1.82) is 0 Å². The van der Waals surface area contributed by atoms with Gasteiger partial charge in [-0.3, -0.25) is 0 Å². The van der Waals surface area contributed by atoms with E-state index in [0.717, 1.165) is 75.6 Å². The number of aryl methyl sites for hydroxylation is 4. The van der Waals surface area contributed by atoms with E-state index >= 15 is 0 Å². The third-order valence-electron chi connectivity index (χ3n) is 19.7. The quantitative estimate of drug-likeness (QED) is 0.0273. The Morgan fingerprint density at radius 2 is 0.516 bits per heavy atom. The van der Waals surface area contributed by atoms with E-state index in [0.29, 0.717) is 0 Å².